The Balaban J connectivity index is 2.02. The number of nitrogens with zero attached hydrogens (tertiary/aromatic N) is 4. The number of hydrogen-bond acceptors (Lipinski definition) is 11. The second-order valence-corrected chi connectivity index (χ2v) is 8.09. The van der Waals surface area contributed by atoms with Crippen molar-refractivity contribution in [2.24, 2.45) is 0 Å². The Morgan fingerprint density at radius 3 is 2.09 bits per heavy atom. The summed E-state index contributed by atoms with van der Waals surface area (Å²) in [6, 6.07) is 13.3. The maximum Gasteiger partial charge on any atom is 0.233 e. The van der Waals surface area contributed by atoms with Crippen molar-refractivity contribution in [2.75, 3.05) is 41.8 Å². The molecule has 0 spiro atoms. The normalized spacial score (nSPS) is 11.1. The third-order valence-corrected chi connectivity index (χ3v) is 5.33. The van der Waals surface area contributed by atoms with E-state index in [1.165, 1.54) is 18.2 Å². The molecule has 4 N–H and O–H groups in total. The van der Waals surface area contributed by atoms with Gasteiger partial charge in [-0.15, -0.1) is 0 Å². The highest BCUT2D eigenvalue weighted by Crippen LogP contribution is 2.25. The lowest BCUT2D eigenvalue weighted by Gasteiger charge is -2.21. The van der Waals surface area contributed by atoms with Crippen LogP contribution in [0.15, 0.2) is 60.0 Å². The molecule has 0 aliphatic rings. The lowest BCUT2D eigenvalue weighted by molar-refractivity contribution is 0.280. The van der Waals surface area contributed by atoms with E-state index in [1.807, 2.05) is 30.3 Å². The first-order chi connectivity index (χ1) is 15.8. The third-order valence-electron chi connectivity index (χ3n) is 4.44. The van der Waals surface area contributed by atoms with Crippen LogP contribution in [0.3, 0.4) is 0 Å². The van der Waals surface area contributed by atoms with Crippen LogP contribution in [-0.2, 0) is 10.1 Å². The van der Waals surface area contributed by atoms with Crippen LogP contribution in [0.1, 0.15) is 5.56 Å². The minimum Gasteiger partial charge on any atom is -0.744 e. The van der Waals surface area contributed by atoms with Gasteiger partial charge >= 0.3 is 0 Å². The van der Waals surface area contributed by atoms with Gasteiger partial charge in [0, 0.05) is 24.5 Å². The molecule has 0 radical (unpaired) electrons. The Morgan fingerprint density at radius 1 is 0.939 bits per heavy atom. The van der Waals surface area contributed by atoms with Crippen LogP contribution in [0, 0.1) is 0 Å². The van der Waals surface area contributed by atoms with Crippen LogP contribution in [0.25, 0.3) is 6.08 Å². The summed E-state index contributed by atoms with van der Waals surface area (Å²) in [6.07, 6.45) is 1.28. The van der Waals surface area contributed by atoms with Gasteiger partial charge in [-0.1, -0.05) is 36.9 Å². The predicted molar refractivity (Wildman–Crippen MR) is 124 cm³/mol. The van der Waals surface area contributed by atoms with Crippen LogP contribution in [0.5, 0.6) is 0 Å². The summed E-state index contributed by atoms with van der Waals surface area (Å²) in [7, 11) is -4.74. The fraction of sp³-hybridized carbons (Fsp3) is 0.190. The number of para-hydroxylation sites is 1. The molecule has 0 saturated carbocycles. The molecule has 0 fully saturated rings. The maximum atomic E-state index is 11.6. The molecule has 11 nitrogen and oxygen atoms in total. The molecule has 0 atom stereocenters. The minimum absolute atomic E-state index is 0.0555. The molecule has 2 aromatic carbocycles. The van der Waals surface area contributed by atoms with Gasteiger partial charge in [0.05, 0.1) is 18.1 Å². The van der Waals surface area contributed by atoms with Crippen molar-refractivity contribution in [1.29, 1.82) is 0 Å². The van der Waals surface area contributed by atoms with Gasteiger partial charge in [0.2, 0.25) is 17.8 Å². The molecule has 0 bridgehead atoms. The Morgan fingerprint density at radius 2 is 1.55 bits per heavy atom. The number of benzene rings is 2. The molecule has 174 valence electrons. The van der Waals surface area contributed by atoms with Crippen LogP contribution in [-0.4, -0.2) is 64.4 Å². The number of aromatic nitrogens is 3. The van der Waals surface area contributed by atoms with E-state index in [1.54, 1.807) is 11.0 Å². The SMILES string of the molecule is C=Cc1ccc(Nc2nc(Nc3ccccc3)nc(N(CCO)CCO)n2)cc1S(=O)(=O)[O-]. The summed E-state index contributed by atoms with van der Waals surface area (Å²) < 4.78 is 34.9. The fourth-order valence-electron chi connectivity index (χ4n) is 2.95. The largest absolute Gasteiger partial charge is 0.744 e. The van der Waals surface area contributed by atoms with Gasteiger partial charge in [-0.05, 0) is 29.8 Å². The zero-order valence-corrected chi connectivity index (χ0v) is 18.4. The number of rotatable bonds is 11. The lowest BCUT2D eigenvalue weighted by Crippen LogP contribution is -2.31. The number of anilines is 5. The molecule has 0 aliphatic carbocycles. The monoisotopic (exact) mass is 471 g/mol. The highest BCUT2D eigenvalue weighted by Gasteiger charge is 2.15. The lowest BCUT2D eigenvalue weighted by atomic mass is 10.2. The van der Waals surface area contributed by atoms with Crippen LogP contribution >= 0.6 is 0 Å². The minimum atomic E-state index is -4.74. The van der Waals surface area contributed by atoms with Gasteiger partial charge in [-0.25, -0.2) is 8.42 Å². The standard InChI is InChI=1S/C21H24N6O5S/c1-2-15-8-9-17(14-18(15)33(30,31)32)23-20-24-19(22-16-6-4-3-5-7-16)25-21(26-20)27(10-12-28)11-13-29/h2-9,14,28-29H,1,10-13H2,(H,30,31,32)(H2,22,23,24,25,26)/p-1. The molecule has 0 aliphatic heterocycles. The summed E-state index contributed by atoms with van der Waals surface area (Å²) >= 11 is 0. The fourth-order valence-corrected chi connectivity index (χ4v) is 3.66. The highest BCUT2D eigenvalue weighted by molar-refractivity contribution is 7.85. The highest BCUT2D eigenvalue weighted by atomic mass is 32.2. The molecular formula is C21H23N6O5S-. The van der Waals surface area contributed by atoms with E-state index in [2.05, 4.69) is 32.2 Å². The molecule has 33 heavy (non-hydrogen) atoms. The van der Waals surface area contributed by atoms with E-state index in [0.717, 1.165) is 0 Å². The van der Waals surface area contributed by atoms with Gasteiger partial charge in [-0.3, -0.25) is 0 Å². The Hall–Kier alpha value is -3.58. The first-order valence-corrected chi connectivity index (χ1v) is 11.3. The first kappa shape index (κ1) is 24.1. The van der Waals surface area contributed by atoms with Crippen LogP contribution in [0.2, 0.25) is 0 Å². The van der Waals surface area contributed by atoms with Gasteiger partial charge in [0.15, 0.2) is 0 Å². The summed E-state index contributed by atoms with van der Waals surface area (Å²) in [5.41, 5.74) is 1.15. The molecule has 3 aromatic rings. The van der Waals surface area contributed by atoms with E-state index in [0.29, 0.717) is 5.69 Å². The molecule has 0 saturated heterocycles. The number of hydrogen-bond donors (Lipinski definition) is 4. The predicted octanol–water partition coefficient (Wildman–Crippen LogP) is 1.70. The smallest absolute Gasteiger partial charge is 0.233 e. The van der Waals surface area contributed by atoms with E-state index in [4.69, 9.17) is 0 Å². The van der Waals surface area contributed by atoms with E-state index >= 15 is 0 Å². The van der Waals surface area contributed by atoms with Crippen molar-refractivity contribution >= 4 is 45.4 Å². The van der Waals surface area contributed by atoms with E-state index < -0.39 is 15.0 Å². The Kier molecular flexibility index (Phi) is 7.90. The third kappa shape index (κ3) is 6.46. The van der Waals surface area contributed by atoms with Gasteiger partial charge in [-0.2, -0.15) is 15.0 Å². The van der Waals surface area contributed by atoms with Gasteiger partial charge in [0.25, 0.3) is 0 Å². The molecule has 12 heteroatoms. The zero-order chi connectivity index (χ0) is 23.8. The van der Waals surface area contributed by atoms with Crippen LogP contribution in [0.4, 0.5) is 29.2 Å². The van der Waals surface area contributed by atoms with Crippen molar-refractivity contribution in [3.63, 3.8) is 0 Å². The second-order valence-electron chi connectivity index (χ2n) is 6.74. The molecule has 0 amide bonds. The van der Waals surface area contributed by atoms with E-state index in [-0.39, 0.29) is 55.4 Å². The van der Waals surface area contributed by atoms with Crippen molar-refractivity contribution < 1.29 is 23.2 Å². The quantitative estimate of drug-likeness (QED) is 0.301. The number of aliphatic hydroxyl groups excluding tert-OH is 2. The zero-order valence-electron chi connectivity index (χ0n) is 17.5. The second kappa shape index (κ2) is 10.8. The average Bonchev–Trinajstić information content (AvgIpc) is 2.79. The van der Waals surface area contributed by atoms with Crippen molar-refractivity contribution in [1.82, 2.24) is 15.0 Å². The molecule has 1 aromatic heterocycles. The topological polar surface area (TPSA) is 164 Å². The van der Waals surface area contributed by atoms with Crippen molar-refractivity contribution in [2.45, 2.75) is 4.90 Å². The number of aliphatic hydroxyl groups is 2. The summed E-state index contributed by atoms with van der Waals surface area (Å²) in [6.45, 7) is 3.48. The first-order valence-electron chi connectivity index (χ1n) is 9.88. The Bertz CT molecular complexity index is 1200. The summed E-state index contributed by atoms with van der Waals surface area (Å²) in [4.78, 5) is 14.1. The number of nitrogens with one attached hydrogen (secondary N) is 2. The average molecular weight is 472 g/mol. The van der Waals surface area contributed by atoms with Crippen LogP contribution < -0.4 is 15.5 Å². The van der Waals surface area contributed by atoms with Crippen molar-refractivity contribution in [3.05, 3.63) is 60.7 Å². The van der Waals surface area contributed by atoms with Crippen molar-refractivity contribution in [3.8, 4) is 0 Å². The Labute approximate surface area is 191 Å². The van der Waals surface area contributed by atoms with Gasteiger partial charge in [0.1, 0.15) is 10.1 Å². The molecule has 1 heterocycles. The molecule has 3 rings (SSSR count). The van der Waals surface area contributed by atoms with Gasteiger partial charge < -0.3 is 30.3 Å². The maximum absolute atomic E-state index is 11.6. The summed E-state index contributed by atoms with van der Waals surface area (Å²) in [5, 5.41) is 24.7. The molecular weight excluding hydrogens is 448 g/mol. The van der Waals surface area contributed by atoms with E-state index in [9.17, 15) is 23.2 Å². The summed E-state index contributed by atoms with van der Waals surface area (Å²) in [5.74, 6) is 0.405. The molecule has 0 unspecified atom stereocenters.